The van der Waals surface area contributed by atoms with Gasteiger partial charge in [0, 0.05) is 22.9 Å². The largest absolute Gasteiger partial charge is 0.326 e. The van der Waals surface area contributed by atoms with Crippen molar-refractivity contribution in [3.8, 4) is 0 Å². The molecule has 2 aromatic carbocycles. The highest BCUT2D eigenvalue weighted by Crippen LogP contribution is 2.22. The van der Waals surface area contributed by atoms with Crippen molar-refractivity contribution in [3.63, 3.8) is 0 Å². The molecule has 28 heavy (non-hydrogen) atoms. The zero-order chi connectivity index (χ0) is 20.1. The molecule has 1 heterocycles. The summed E-state index contributed by atoms with van der Waals surface area (Å²) in [7, 11) is 0. The molecule has 0 aliphatic carbocycles. The Morgan fingerprint density at radius 3 is 2.46 bits per heavy atom. The van der Waals surface area contributed by atoms with Crippen LogP contribution in [0.4, 0.5) is 11.4 Å². The van der Waals surface area contributed by atoms with Crippen molar-refractivity contribution in [1.29, 1.82) is 0 Å². The molecule has 7 nitrogen and oxygen atoms in total. The van der Waals surface area contributed by atoms with Crippen molar-refractivity contribution in [3.05, 3.63) is 71.8 Å². The van der Waals surface area contributed by atoms with E-state index in [1.807, 2.05) is 45.0 Å². The van der Waals surface area contributed by atoms with Gasteiger partial charge in [-0.1, -0.05) is 32.0 Å². The molecule has 2 N–H and O–H groups in total. The summed E-state index contributed by atoms with van der Waals surface area (Å²) in [5, 5.41) is 9.83. The Bertz CT molecular complexity index is 963. The number of aryl methyl sites for hydroxylation is 1. The monoisotopic (exact) mass is 377 g/mol. The zero-order valence-corrected chi connectivity index (χ0v) is 16.1. The summed E-state index contributed by atoms with van der Waals surface area (Å²) in [6.45, 7) is 6.17. The van der Waals surface area contributed by atoms with Gasteiger partial charge in [0.1, 0.15) is 12.7 Å². The maximum absolute atomic E-state index is 12.6. The number of anilines is 2. The Balaban J connectivity index is 1.69. The highest BCUT2D eigenvalue weighted by atomic mass is 16.2. The predicted molar refractivity (Wildman–Crippen MR) is 108 cm³/mol. The van der Waals surface area contributed by atoms with Gasteiger partial charge >= 0.3 is 0 Å². The van der Waals surface area contributed by atoms with Crippen molar-refractivity contribution < 1.29 is 9.59 Å². The summed E-state index contributed by atoms with van der Waals surface area (Å²) in [5.41, 5.74) is 3.81. The lowest BCUT2D eigenvalue weighted by Crippen LogP contribution is -2.18. The van der Waals surface area contributed by atoms with Gasteiger partial charge in [0.05, 0.1) is 6.54 Å². The lowest BCUT2D eigenvalue weighted by atomic mass is 10.1. The molecule has 0 unspecified atom stereocenters. The number of amides is 2. The van der Waals surface area contributed by atoms with E-state index in [1.54, 1.807) is 29.2 Å². The molecule has 3 aromatic rings. The molecule has 0 bridgehead atoms. The van der Waals surface area contributed by atoms with E-state index >= 15 is 0 Å². The zero-order valence-electron chi connectivity index (χ0n) is 16.1. The highest BCUT2D eigenvalue weighted by Gasteiger charge is 2.11. The fourth-order valence-corrected chi connectivity index (χ4v) is 2.58. The average molecular weight is 377 g/mol. The third-order valence-corrected chi connectivity index (χ3v) is 4.30. The van der Waals surface area contributed by atoms with E-state index in [0.717, 1.165) is 11.1 Å². The first kappa shape index (κ1) is 19.3. The van der Waals surface area contributed by atoms with Crippen molar-refractivity contribution in [2.45, 2.75) is 27.3 Å². The average Bonchev–Trinajstić information content (AvgIpc) is 3.18. The number of hydrogen-bond acceptors (Lipinski definition) is 4. The van der Waals surface area contributed by atoms with Crippen molar-refractivity contribution in [2.75, 3.05) is 10.6 Å². The Kier molecular flexibility index (Phi) is 5.84. The minimum absolute atomic E-state index is 0.0656. The number of nitrogens with one attached hydrogen (secondary N) is 2. The van der Waals surface area contributed by atoms with Gasteiger partial charge in [-0.05, 0) is 42.3 Å². The van der Waals surface area contributed by atoms with E-state index in [2.05, 4.69) is 20.7 Å². The lowest BCUT2D eigenvalue weighted by Gasteiger charge is -2.13. The van der Waals surface area contributed by atoms with Gasteiger partial charge in [0.15, 0.2) is 0 Å². The molecule has 0 spiro atoms. The molecule has 144 valence electrons. The summed E-state index contributed by atoms with van der Waals surface area (Å²) in [6.07, 6.45) is 3.14. The molecule has 0 aliphatic rings. The normalized spacial score (nSPS) is 10.7. The number of carbonyl (C=O) groups excluding carboxylic acids is 2. The smallest absolute Gasteiger partial charge is 0.255 e. The number of aromatic nitrogens is 3. The summed E-state index contributed by atoms with van der Waals surface area (Å²) >= 11 is 0. The standard InChI is InChI=1S/C21H23N5O2/c1-14(2)20(27)24-18-9-4-15(3)19(10-18)25-21(28)17-7-5-16(6-8-17)11-26-13-22-12-23-26/h4-10,12-14H,11H2,1-3H3,(H,24,27)(H,25,28). The van der Waals surface area contributed by atoms with Crippen LogP contribution in [-0.4, -0.2) is 26.6 Å². The van der Waals surface area contributed by atoms with Crippen molar-refractivity contribution in [1.82, 2.24) is 14.8 Å². The minimum Gasteiger partial charge on any atom is -0.326 e. The third-order valence-electron chi connectivity index (χ3n) is 4.30. The number of benzene rings is 2. The molecule has 1 aromatic heterocycles. The highest BCUT2D eigenvalue weighted by molar-refractivity contribution is 6.05. The maximum Gasteiger partial charge on any atom is 0.255 e. The van der Waals surface area contributed by atoms with Gasteiger partial charge in [-0.2, -0.15) is 5.10 Å². The van der Waals surface area contributed by atoms with Crippen LogP contribution in [0.3, 0.4) is 0 Å². The van der Waals surface area contributed by atoms with Gasteiger partial charge < -0.3 is 10.6 Å². The van der Waals surface area contributed by atoms with E-state index < -0.39 is 0 Å². The van der Waals surface area contributed by atoms with Gasteiger partial charge in [-0.3, -0.25) is 9.59 Å². The predicted octanol–water partition coefficient (Wildman–Crippen LogP) is 3.48. The van der Waals surface area contributed by atoms with Crippen LogP contribution in [0, 0.1) is 12.8 Å². The summed E-state index contributed by atoms with van der Waals surface area (Å²) in [6, 6.07) is 12.8. The maximum atomic E-state index is 12.6. The number of nitrogens with zero attached hydrogens (tertiary/aromatic N) is 3. The van der Waals surface area contributed by atoms with Crippen LogP contribution in [0.5, 0.6) is 0 Å². The van der Waals surface area contributed by atoms with Gasteiger partial charge in [-0.15, -0.1) is 0 Å². The molecule has 0 atom stereocenters. The van der Waals surface area contributed by atoms with Crippen molar-refractivity contribution >= 4 is 23.2 Å². The third kappa shape index (κ3) is 4.82. The second-order valence-corrected chi connectivity index (χ2v) is 6.92. The van der Waals surface area contributed by atoms with Crippen molar-refractivity contribution in [2.24, 2.45) is 5.92 Å². The van der Waals surface area contributed by atoms with E-state index in [-0.39, 0.29) is 17.7 Å². The molecule has 0 saturated carbocycles. The Hall–Kier alpha value is -3.48. The lowest BCUT2D eigenvalue weighted by molar-refractivity contribution is -0.118. The Morgan fingerprint density at radius 2 is 1.82 bits per heavy atom. The number of hydrogen-bond donors (Lipinski definition) is 2. The molecule has 0 radical (unpaired) electrons. The molecule has 0 fully saturated rings. The van der Waals surface area contributed by atoms with E-state index in [4.69, 9.17) is 0 Å². The molecule has 3 rings (SSSR count). The fourth-order valence-electron chi connectivity index (χ4n) is 2.58. The van der Waals surface area contributed by atoms with Crippen LogP contribution < -0.4 is 10.6 Å². The van der Waals surface area contributed by atoms with Gasteiger partial charge in [0.2, 0.25) is 5.91 Å². The first-order valence-corrected chi connectivity index (χ1v) is 9.06. The molecule has 2 amide bonds. The minimum atomic E-state index is -0.206. The molecular formula is C21H23N5O2. The SMILES string of the molecule is Cc1ccc(NC(=O)C(C)C)cc1NC(=O)c1ccc(Cn2cncn2)cc1. The number of carbonyl (C=O) groups is 2. The Morgan fingerprint density at radius 1 is 1.07 bits per heavy atom. The van der Waals surface area contributed by atoms with E-state index in [1.165, 1.54) is 6.33 Å². The van der Waals surface area contributed by atoms with Crippen LogP contribution in [0.15, 0.2) is 55.1 Å². The molecule has 0 aliphatic heterocycles. The first-order valence-electron chi connectivity index (χ1n) is 9.06. The Labute approximate surface area is 163 Å². The van der Waals surface area contributed by atoms with Crippen LogP contribution in [-0.2, 0) is 11.3 Å². The quantitative estimate of drug-likeness (QED) is 0.688. The van der Waals surface area contributed by atoms with Crippen LogP contribution in [0.1, 0.15) is 35.3 Å². The molecule has 7 heteroatoms. The number of rotatable bonds is 6. The van der Waals surface area contributed by atoms with Crippen LogP contribution >= 0.6 is 0 Å². The summed E-state index contributed by atoms with van der Waals surface area (Å²) < 4.78 is 1.72. The second kappa shape index (κ2) is 8.47. The van der Waals surface area contributed by atoms with E-state index in [9.17, 15) is 9.59 Å². The van der Waals surface area contributed by atoms with Gasteiger partial charge in [0.25, 0.3) is 5.91 Å². The summed E-state index contributed by atoms with van der Waals surface area (Å²) in [4.78, 5) is 28.4. The van der Waals surface area contributed by atoms with Crippen LogP contribution in [0.2, 0.25) is 0 Å². The molecular weight excluding hydrogens is 354 g/mol. The summed E-state index contributed by atoms with van der Waals surface area (Å²) in [5.74, 6) is -0.387. The topological polar surface area (TPSA) is 88.9 Å². The first-order chi connectivity index (χ1) is 13.4. The van der Waals surface area contributed by atoms with Gasteiger partial charge in [-0.25, -0.2) is 9.67 Å². The second-order valence-electron chi connectivity index (χ2n) is 6.92. The molecule has 0 saturated heterocycles. The van der Waals surface area contributed by atoms with E-state index in [0.29, 0.717) is 23.5 Å². The van der Waals surface area contributed by atoms with Crippen LogP contribution in [0.25, 0.3) is 0 Å². The fraction of sp³-hybridized carbons (Fsp3) is 0.238.